The summed E-state index contributed by atoms with van der Waals surface area (Å²) in [4.78, 5) is 11.8. The molecule has 0 saturated heterocycles. The predicted octanol–water partition coefficient (Wildman–Crippen LogP) is 0.424. The second-order valence-electron chi connectivity index (χ2n) is 3.86. The molecule has 0 amide bonds. The summed E-state index contributed by atoms with van der Waals surface area (Å²) in [5.74, 6) is 0.462. The molecule has 0 spiro atoms. The zero-order valence-electron chi connectivity index (χ0n) is 10.3. The minimum atomic E-state index is -0.386. The van der Waals surface area contributed by atoms with Crippen molar-refractivity contribution in [3.05, 3.63) is 0 Å². The van der Waals surface area contributed by atoms with Crippen molar-refractivity contribution in [2.75, 3.05) is 17.7 Å². The number of rotatable bonds is 6. The van der Waals surface area contributed by atoms with Gasteiger partial charge in [-0.3, -0.25) is 0 Å². The lowest BCUT2D eigenvalue weighted by molar-refractivity contribution is 0.179. The molecule has 0 aromatic carbocycles. The minimum Gasteiger partial charge on any atom is -0.464 e. The highest BCUT2D eigenvalue weighted by Gasteiger charge is 2.10. The summed E-state index contributed by atoms with van der Waals surface area (Å²) in [5, 5.41) is 12.3. The van der Waals surface area contributed by atoms with Crippen molar-refractivity contribution in [2.24, 2.45) is 0 Å². The molecule has 0 saturated carbocycles. The van der Waals surface area contributed by atoms with Crippen molar-refractivity contribution in [3.8, 4) is 6.01 Å². The van der Waals surface area contributed by atoms with Gasteiger partial charge in [-0.2, -0.15) is 15.0 Å². The van der Waals surface area contributed by atoms with Crippen molar-refractivity contribution < 1.29 is 9.84 Å². The highest BCUT2D eigenvalue weighted by Crippen LogP contribution is 2.11. The molecule has 2 unspecified atom stereocenters. The van der Waals surface area contributed by atoms with E-state index in [0.717, 1.165) is 0 Å². The van der Waals surface area contributed by atoms with E-state index >= 15 is 0 Å². The van der Waals surface area contributed by atoms with Gasteiger partial charge in [0.25, 0.3) is 0 Å². The largest absolute Gasteiger partial charge is 0.464 e. The van der Waals surface area contributed by atoms with Crippen molar-refractivity contribution in [3.63, 3.8) is 0 Å². The molecule has 0 aliphatic heterocycles. The molecule has 1 aromatic heterocycles. The lowest BCUT2D eigenvalue weighted by atomic mass is 10.2. The summed E-state index contributed by atoms with van der Waals surface area (Å²) in [6.07, 6.45) is 0.207. The van der Waals surface area contributed by atoms with Gasteiger partial charge < -0.3 is 20.9 Å². The molecule has 1 heterocycles. The van der Waals surface area contributed by atoms with Gasteiger partial charge in [-0.1, -0.05) is 0 Å². The van der Waals surface area contributed by atoms with E-state index in [1.54, 1.807) is 6.92 Å². The first-order chi connectivity index (χ1) is 8.01. The summed E-state index contributed by atoms with van der Waals surface area (Å²) in [5.41, 5.74) is 5.54. The standard InChI is InChI=1S/C10H19N5O2/c1-4-17-10-14-8(11)13-9(15-10)12-6(2)5-7(3)16/h6-7,16H,4-5H2,1-3H3,(H3,11,12,13,14,15). The normalized spacial score (nSPS) is 14.1. The smallest absolute Gasteiger partial charge is 0.323 e. The van der Waals surface area contributed by atoms with Crippen molar-refractivity contribution in [1.29, 1.82) is 0 Å². The van der Waals surface area contributed by atoms with Gasteiger partial charge >= 0.3 is 6.01 Å². The number of aromatic nitrogens is 3. The molecular weight excluding hydrogens is 222 g/mol. The van der Waals surface area contributed by atoms with Gasteiger partial charge in [0.15, 0.2) is 0 Å². The van der Waals surface area contributed by atoms with Gasteiger partial charge in [-0.15, -0.1) is 0 Å². The number of nitrogens with one attached hydrogen (secondary N) is 1. The zero-order chi connectivity index (χ0) is 12.8. The molecule has 0 aliphatic carbocycles. The maximum atomic E-state index is 9.25. The highest BCUT2D eigenvalue weighted by atomic mass is 16.5. The van der Waals surface area contributed by atoms with E-state index in [4.69, 9.17) is 10.5 Å². The van der Waals surface area contributed by atoms with Gasteiger partial charge in [0.1, 0.15) is 0 Å². The lowest BCUT2D eigenvalue weighted by Crippen LogP contribution is -2.22. The molecular formula is C10H19N5O2. The van der Waals surface area contributed by atoms with Gasteiger partial charge in [0.2, 0.25) is 11.9 Å². The first-order valence-electron chi connectivity index (χ1n) is 5.60. The molecule has 7 nitrogen and oxygen atoms in total. The number of aliphatic hydroxyl groups is 1. The van der Waals surface area contributed by atoms with E-state index in [-0.39, 0.29) is 24.1 Å². The number of anilines is 2. The first kappa shape index (κ1) is 13.4. The Kier molecular flexibility index (Phi) is 4.89. The maximum Gasteiger partial charge on any atom is 0.323 e. The van der Waals surface area contributed by atoms with Crippen LogP contribution in [0.3, 0.4) is 0 Å². The average molecular weight is 241 g/mol. The highest BCUT2D eigenvalue weighted by molar-refractivity contribution is 5.33. The molecule has 1 rings (SSSR count). The SMILES string of the molecule is CCOc1nc(N)nc(NC(C)CC(C)O)n1. The number of hydrogen-bond donors (Lipinski definition) is 3. The van der Waals surface area contributed by atoms with Crippen molar-refractivity contribution >= 4 is 11.9 Å². The van der Waals surface area contributed by atoms with E-state index in [1.165, 1.54) is 0 Å². The molecule has 7 heteroatoms. The fourth-order valence-electron chi connectivity index (χ4n) is 1.42. The second kappa shape index (κ2) is 6.19. The maximum absolute atomic E-state index is 9.25. The fraction of sp³-hybridized carbons (Fsp3) is 0.700. The fourth-order valence-corrected chi connectivity index (χ4v) is 1.42. The Hall–Kier alpha value is -1.63. The molecule has 0 bridgehead atoms. The summed E-state index contributed by atoms with van der Waals surface area (Å²) in [6, 6.07) is 0.234. The molecule has 96 valence electrons. The van der Waals surface area contributed by atoms with Crippen LogP contribution in [0.5, 0.6) is 6.01 Å². The van der Waals surface area contributed by atoms with Crippen LogP contribution >= 0.6 is 0 Å². The van der Waals surface area contributed by atoms with Crippen LogP contribution in [0.2, 0.25) is 0 Å². The Labute approximate surface area is 100 Å². The molecule has 0 aliphatic rings. The predicted molar refractivity (Wildman–Crippen MR) is 64.8 cm³/mol. The van der Waals surface area contributed by atoms with Crippen LogP contribution in [0.15, 0.2) is 0 Å². The zero-order valence-corrected chi connectivity index (χ0v) is 10.3. The van der Waals surface area contributed by atoms with E-state index in [9.17, 15) is 5.11 Å². The van der Waals surface area contributed by atoms with Crippen LogP contribution in [-0.4, -0.2) is 38.8 Å². The van der Waals surface area contributed by atoms with Gasteiger partial charge in [-0.05, 0) is 27.2 Å². The third-order valence-corrected chi connectivity index (χ3v) is 1.98. The Morgan fingerprint density at radius 1 is 1.35 bits per heavy atom. The van der Waals surface area contributed by atoms with Gasteiger partial charge in [-0.25, -0.2) is 0 Å². The van der Waals surface area contributed by atoms with E-state index in [0.29, 0.717) is 19.0 Å². The molecule has 4 N–H and O–H groups in total. The second-order valence-corrected chi connectivity index (χ2v) is 3.86. The Morgan fingerprint density at radius 2 is 2.06 bits per heavy atom. The number of nitrogens with two attached hydrogens (primary N) is 1. The van der Waals surface area contributed by atoms with E-state index in [2.05, 4.69) is 20.3 Å². The average Bonchev–Trinajstić information content (AvgIpc) is 2.14. The Balaban J connectivity index is 2.69. The van der Waals surface area contributed by atoms with Crippen molar-refractivity contribution in [1.82, 2.24) is 15.0 Å². The molecule has 17 heavy (non-hydrogen) atoms. The summed E-state index contributed by atoms with van der Waals surface area (Å²) in [7, 11) is 0. The third-order valence-electron chi connectivity index (χ3n) is 1.98. The first-order valence-corrected chi connectivity index (χ1v) is 5.60. The molecule has 2 atom stereocenters. The minimum absolute atomic E-state index is 0.0336. The lowest BCUT2D eigenvalue weighted by Gasteiger charge is -2.15. The Bertz CT molecular complexity index is 359. The number of nitrogens with zero attached hydrogens (tertiary/aromatic N) is 3. The van der Waals surface area contributed by atoms with Crippen LogP contribution in [0.1, 0.15) is 27.2 Å². The third kappa shape index (κ3) is 4.81. The van der Waals surface area contributed by atoms with Crippen LogP contribution < -0.4 is 15.8 Å². The van der Waals surface area contributed by atoms with Crippen LogP contribution in [0.25, 0.3) is 0 Å². The van der Waals surface area contributed by atoms with Crippen molar-refractivity contribution in [2.45, 2.75) is 39.3 Å². The molecule has 0 fully saturated rings. The molecule has 0 radical (unpaired) electrons. The van der Waals surface area contributed by atoms with Crippen LogP contribution in [0, 0.1) is 0 Å². The molecule has 1 aromatic rings. The number of ether oxygens (including phenoxy) is 1. The van der Waals surface area contributed by atoms with Crippen LogP contribution in [0.4, 0.5) is 11.9 Å². The van der Waals surface area contributed by atoms with Crippen LogP contribution in [-0.2, 0) is 0 Å². The Morgan fingerprint density at radius 3 is 2.65 bits per heavy atom. The number of aliphatic hydroxyl groups excluding tert-OH is 1. The van der Waals surface area contributed by atoms with E-state index in [1.807, 2.05) is 13.8 Å². The van der Waals surface area contributed by atoms with Gasteiger partial charge in [0, 0.05) is 6.04 Å². The topological polar surface area (TPSA) is 106 Å². The number of hydrogen-bond acceptors (Lipinski definition) is 7. The summed E-state index contributed by atoms with van der Waals surface area (Å²) >= 11 is 0. The van der Waals surface area contributed by atoms with Gasteiger partial charge in [0.05, 0.1) is 12.7 Å². The monoisotopic (exact) mass is 241 g/mol. The quantitative estimate of drug-likeness (QED) is 0.662. The van der Waals surface area contributed by atoms with E-state index < -0.39 is 0 Å². The number of nitrogen functional groups attached to an aromatic ring is 1. The summed E-state index contributed by atoms with van der Waals surface area (Å²) < 4.78 is 5.16. The summed E-state index contributed by atoms with van der Waals surface area (Å²) in [6.45, 7) is 5.95.